The van der Waals surface area contributed by atoms with Gasteiger partial charge in [-0.2, -0.15) is 0 Å². The number of carbonyl (C=O) groups is 2. The number of urea groups is 1. The van der Waals surface area contributed by atoms with E-state index >= 15 is 0 Å². The first-order valence-electron chi connectivity index (χ1n) is 7.19. The number of thiophene rings is 1. The fourth-order valence-electron chi connectivity index (χ4n) is 2.49. The highest BCUT2D eigenvalue weighted by atomic mass is 32.1. The van der Waals surface area contributed by atoms with Crippen LogP contribution in [0.3, 0.4) is 0 Å². The smallest absolute Gasteiger partial charge is 0.331 e. The summed E-state index contributed by atoms with van der Waals surface area (Å²) in [6.07, 6.45) is 1.55. The van der Waals surface area contributed by atoms with Crippen LogP contribution in [0.4, 0.5) is 4.79 Å². The second-order valence-electron chi connectivity index (χ2n) is 4.92. The molecule has 6 nitrogen and oxygen atoms in total. The number of hydrogen-bond donors (Lipinski definition) is 3. The zero-order valence-electron chi connectivity index (χ0n) is 12.1. The van der Waals surface area contributed by atoms with Gasteiger partial charge < -0.3 is 20.6 Å². The molecule has 0 fully saturated rings. The van der Waals surface area contributed by atoms with E-state index in [-0.39, 0.29) is 6.03 Å². The monoisotopic (exact) mass is 311 g/mol. The molecule has 0 saturated carbocycles. The largest absolute Gasteiger partial charge is 0.479 e. The average Bonchev–Trinajstić information content (AvgIpc) is 2.93. The summed E-state index contributed by atoms with van der Waals surface area (Å²) >= 11 is 1.56. The van der Waals surface area contributed by atoms with Gasteiger partial charge in [0.2, 0.25) is 0 Å². The highest BCUT2D eigenvalue weighted by Gasteiger charge is 2.36. The molecule has 0 bridgehead atoms. The van der Waals surface area contributed by atoms with Crippen molar-refractivity contribution in [3.63, 3.8) is 0 Å². The van der Waals surface area contributed by atoms with E-state index in [0.717, 1.165) is 36.4 Å². The van der Waals surface area contributed by atoms with Crippen LogP contribution in [-0.2, 0) is 11.2 Å². The van der Waals surface area contributed by atoms with E-state index in [0.29, 0.717) is 13.1 Å². The molecular formula is C14H21N3O3S. The molecule has 0 saturated heterocycles. The predicted molar refractivity (Wildman–Crippen MR) is 81.7 cm³/mol. The van der Waals surface area contributed by atoms with Crippen molar-refractivity contribution in [3.05, 3.63) is 21.9 Å². The lowest BCUT2D eigenvalue weighted by molar-refractivity contribution is -0.142. The fourth-order valence-corrected chi connectivity index (χ4v) is 3.39. The summed E-state index contributed by atoms with van der Waals surface area (Å²) in [6, 6.07) is 0.646. The van der Waals surface area contributed by atoms with Crippen molar-refractivity contribution in [1.29, 1.82) is 0 Å². The van der Waals surface area contributed by atoms with Crippen LogP contribution in [0.1, 0.15) is 29.8 Å². The molecule has 1 unspecified atom stereocenters. The number of hydrogen-bond acceptors (Lipinski definition) is 4. The molecule has 0 radical (unpaired) electrons. The number of rotatable bonds is 6. The summed E-state index contributed by atoms with van der Waals surface area (Å²) in [5.74, 6) is -0.975. The van der Waals surface area contributed by atoms with Gasteiger partial charge in [-0.05, 0) is 42.9 Å². The molecule has 2 heterocycles. The van der Waals surface area contributed by atoms with Crippen LogP contribution < -0.4 is 10.6 Å². The Hall–Kier alpha value is -1.60. The lowest BCUT2D eigenvalue weighted by Gasteiger charge is -2.33. The molecule has 1 atom stereocenters. The molecule has 0 aromatic carbocycles. The lowest BCUT2D eigenvalue weighted by Crippen LogP contribution is -2.48. The van der Waals surface area contributed by atoms with E-state index in [9.17, 15) is 14.7 Å². The fraction of sp³-hybridized carbons (Fsp3) is 0.571. The molecular weight excluding hydrogens is 290 g/mol. The molecule has 1 aliphatic heterocycles. The third-order valence-electron chi connectivity index (χ3n) is 3.52. The van der Waals surface area contributed by atoms with E-state index in [2.05, 4.69) is 10.6 Å². The van der Waals surface area contributed by atoms with Gasteiger partial charge in [-0.1, -0.05) is 6.92 Å². The zero-order valence-corrected chi connectivity index (χ0v) is 12.9. The Morgan fingerprint density at radius 2 is 2.29 bits per heavy atom. The maximum atomic E-state index is 12.2. The van der Waals surface area contributed by atoms with Crippen LogP contribution in [0.15, 0.2) is 11.4 Å². The minimum absolute atomic E-state index is 0.296. The van der Waals surface area contributed by atoms with Crippen molar-refractivity contribution in [1.82, 2.24) is 15.5 Å². The molecule has 0 aliphatic carbocycles. The van der Waals surface area contributed by atoms with Crippen molar-refractivity contribution in [2.45, 2.75) is 25.8 Å². The predicted octanol–water partition coefficient (Wildman–Crippen LogP) is 1.44. The maximum Gasteiger partial charge on any atom is 0.331 e. The van der Waals surface area contributed by atoms with E-state index in [1.54, 1.807) is 11.3 Å². The quantitative estimate of drug-likeness (QED) is 0.694. The summed E-state index contributed by atoms with van der Waals surface area (Å²) in [5, 5.41) is 17.3. The molecule has 2 amide bonds. The lowest BCUT2D eigenvalue weighted by atomic mass is 10.0. The Morgan fingerprint density at radius 3 is 3.00 bits per heavy atom. The van der Waals surface area contributed by atoms with Gasteiger partial charge in [0.25, 0.3) is 0 Å². The Labute approximate surface area is 128 Å². The van der Waals surface area contributed by atoms with Crippen molar-refractivity contribution in [3.8, 4) is 0 Å². The SMILES string of the molecule is CCNCCCNC(=O)N1CCc2sccc2C1C(=O)O. The van der Waals surface area contributed by atoms with Gasteiger partial charge in [-0.3, -0.25) is 0 Å². The van der Waals surface area contributed by atoms with Crippen molar-refractivity contribution >= 4 is 23.3 Å². The topological polar surface area (TPSA) is 81.7 Å². The highest BCUT2D eigenvalue weighted by molar-refractivity contribution is 7.10. The maximum absolute atomic E-state index is 12.2. The number of aliphatic carboxylic acids is 1. The molecule has 116 valence electrons. The molecule has 3 N–H and O–H groups in total. The molecule has 1 aromatic rings. The van der Waals surface area contributed by atoms with Crippen molar-refractivity contribution in [2.75, 3.05) is 26.2 Å². The third kappa shape index (κ3) is 3.74. The summed E-state index contributed by atoms with van der Waals surface area (Å²) in [4.78, 5) is 26.2. The number of fused-ring (bicyclic) bond motifs is 1. The van der Waals surface area contributed by atoms with Gasteiger partial charge in [0.1, 0.15) is 0 Å². The van der Waals surface area contributed by atoms with Gasteiger partial charge in [-0.25, -0.2) is 9.59 Å². The molecule has 1 aliphatic rings. The third-order valence-corrected chi connectivity index (χ3v) is 4.51. The summed E-state index contributed by atoms with van der Waals surface area (Å²) < 4.78 is 0. The van der Waals surface area contributed by atoms with Crippen molar-refractivity contribution in [2.24, 2.45) is 0 Å². The minimum Gasteiger partial charge on any atom is -0.479 e. The van der Waals surface area contributed by atoms with E-state index in [4.69, 9.17) is 0 Å². The Morgan fingerprint density at radius 1 is 1.48 bits per heavy atom. The minimum atomic E-state index is -0.975. The van der Waals surface area contributed by atoms with Crippen LogP contribution >= 0.6 is 11.3 Å². The number of carbonyl (C=O) groups excluding carboxylic acids is 1. The summed E-state index contributed by atoms with van der Waals surface area (Å²) in [7, 11) is 0. The Balaban J connectivity index is 1.95. The van der Waals surface area contributed by atoms with Crippen LogP contribution in [0.2, 0.25) is 0 Å². The number of carboxylic acids is 1. The van der Waals surface area contributed by atoms with Crippen molar-refractivity contribution < 1.29 is 14.7 Å². The first-order chi connectivity index (χ1) is 10.1. The first kappa shape index (κ1) is 15.8. The number of amides is 2. The van der Waals surface area contributed by atoms with E-state index in [1.807, 2.05) is 18.4 Å². The van der Waals surface area contributed by atoms with Gasteiger partial charge >= 0.3 is 12.0 Å². The van der Waals surface area contributed by atoms with Gasteiger partial charge in [0.15, 0.2) is 6.04 Å². The van der Waals surface area contributed by atoms with Gasteiger partial charge in [0, 0.05) is 18.0 Å². The number of carboxylic acid groups (broad SMARTS) is 1. The molecule has 21 heavy (non-hydrogen) atoms. The average molecular weight is 311 g/mol. The molecule has 7 heteroatoms. The van der Waals surface area contributed by atoms with E-state index in [1.165, 1.54) is 4.90 Å². The van der Waals surface area contributed by atoms with Gasteiger partial charge in [0.05, 0.1) is 0 Å². The molecule has 0 spiro atoms. The number of nitrogens with one attached hydrogen (secondary N) is 2. The molecule has 1 aromatic heterocycles. The van der Waals surface area contributed by atoms with Crippen LogP contribution in [-0.4, -0.2) is 48.2 Å². The van der Waals surface area contributed by atoms with Crippen LogP contribution in [0.5, 0.6) is 0 Å². The standard InChI is InChI=1S/C14H21N3O3S/c1-2-15-6-3-7-16-14(20)17-8-4-11-10(5-9-21-11)12(17)13(18)19/h5,9,12,15H,2-4,6-8H2,1H3,(H,16,20)(H,18,19). The van der Waals surface area contributed by atoms with Crippen LogP contribution in [0, 0.1) is 0 Å². The Bertz CT molecular complexity index is 503. The van der Waals surface area contributed by atoms with Gasteiger partial charge in [-0.15, -0.1) is 11.3 Å². The Kier molecular flexibility index (Phi) is 5.58. The first-order valence-corrected chi connectivity index (χ1v) is 8.07. The van der Waals surface area contributed by atoms with Crippen LogP contribution in [0.25, 0.3) is 0 Å². The summed E-state index contributed by atoms with van der Waals surface area (Å²) in [6.45, 7) is 4.77. The zero-order chi connectivity index (χ0) is 15.2. The second-order valence-corrected chi connectivity index (χ2v) is 5.92. The normalized spacial score (nSPS) is 17.4. The number of nitrogens with zero attached hydrogens (tertiary/aromatic N) is 1. The second kappa shape index (κ2) is 7.42. The summed E-state index contributed by atoms with van der Waals surface area (Å²) in [5.41, 5.74) is 0.751. The molecule has 2 rings (SSSR count). The highest BCUT2D eigenvalue weighted by Crippen LogP contribution is 2.33. The van der Waals surface area contributed by atoms with E-state index < -0.39 is 12.0 Å².